The Morgan fingerprint density at radius 2 is 1.77 bits per heavy atom. The molecule has 0 aliphatic carbocycles. The molecule has 2 saturated heterocycles. The van der Waals surface area contributed by atoms with Crippen molar-refractivity contribution < 1.29 is 31.1 Å². The first kappa shape index (κ1) is 28.6. The smallest absolute Gasteiger partial charge is 0.381 e. The van der Waals surface area contributed by atoms with Crippen molar-refractivity contribution in [3.05, 3.63) is 36.4 Å². The number of ether oxygens (including phenoxy) is 1. The first-order chi connectivity index (χ1) is 18.9. The quantitative estimate of drug-likeness (QED) is 0.555. The van der Waals surface area contributed by atoms with Gasteiger partial charge in [0.1, 0.15) is 11.9 Å². The second-order valence-corrected chi connectivity index (χ2v) is 12.2. The van der Waals surface area contributed by atoms with Crippen LogP contribution in [0.15, 0.2) is 41.3 Å². The molecule has 3 aliphatic rings. The minimum Gasteiger partial charge on any atom is -0.381 e. The number of rotatable bonds is 6. The number of anilines is 4. The predicted octanol–water partition coefficient (Wildman–Crippen LogP) is 3.04. The van der Waals surface area contributed by atoms with E-state index in [1.807, 2.05) is 13.0 Å². The van der Waals surface area contributed by atoms with E-state index in [9.17, 15) is 26.4 Å². The second kappa shape index (κ2) is 11.1. The van der Waals surface area contributed by atoms with Gasteiger partial charge < -0.3 is 19.9 Å². The van der Waals surface area contributed by atoms with E-state index in [1.165, 1.54) is 21.3 Å². The van der Waals surface area contributed by atoms with Crippen molar-refractivity contribution in [2.75, 3.05) is 68.1 Å². The number of carbonyl (C=O) groups is 1. The van der Waals surface area contributed by atoms with Gasteiger partial charge in [-0.25, -0.2) is 13.4 Å². The number of aromatic nitrogens is 1. The van der Waals surface area contributed by atoms with E-state index in [2.05, 4.69) is 10.2 Å². The maximum atomic E-state index is 13.3. The fourth-order valence-electron chi connectivity index (χ4n) is 5.53. The summed E-state index contributed by atoms with van der Waals surface area (Å²) in [5.74, 6) is 1.15. The topological polar surface area (TPSA) is 98.3 Å². The molecule has 40 heavy (non-hydrogen) atoms. The van der Waals surface area contributed by atoms with Gasteiger partial charge in [-0.15, -0.1) is 0 Å². The van der Waals surface area contributed by atoms with E-state index < -0.39 is 28.8 Å². The molecule has 1 unspecified atom stereocenters. The number of nitrogens with one attached hydrogen (secondary N) is 1. The van der Waals surface area contributed by atoms with E-state index in [0.29, 0.717) is 36.2 Å². The van der Waals surface area contributed by atoms with Crippen LogP contribution in [0, 0.1) is 0 Å². The van der Waals surface area contributed by atoms with E-state index in [4.69, 9.17) is 9.72 Å². The van der Waals surface area contributed by atoms with Crippen LogP contribution >= 0.6 is 0 Å². The Morgan fingerprint density at radius 3 is 2.45 bits per heavy atom. The number of alkyl halides is 3. The molecule has 0 radical (unpaired) electrons. The van der Waals surface area contributed by atoms with Gasteiger partial charge in [0.25, 0.3) is 0 Å². The molecular formula is C26H33F3N6O4S. The Labute approximate surface area is 231 Å². The van der Waals surface area contributed by atoms with Gasteiger partial charge >= 0.3 is 6.18 Å². The van der Waals surface area contributed by atoms with Gasteiger partial charge in [-0.3, -0.25) is 9.69 Å². The zero-order valence-corrected chi connectivity index (χ0v) is 23.2. The highest BCUT2D eigenvalue weighted by Gasteiger charge is 2.39. The van der Waals surface area contributed by atoms with Crippen molar-refractivity contribution >= 4 is 38.9 Å². The number of hydrogen-bond acceptors (Lipinski definition) is 8. The average Bonchev–Trinajstić information content (AvgIpc) is 2.92. The predicted molar refractivity (Wildman–Crippen MR) is 144 cm³/mol. The maximum absolute atomic E-state index is 13.3. The van der Waals surface area contributed by atoms with Crippen molar-refractivity contribution in [1.29, 1.82) is 0 Å². The second-order valence-electron chi connectivity index (χ2n) is 10.3. The van der Waals surface area contributed by atoms with Gasteiger partial charge in [0.15, 0.2) is 5.82 Å². The Hall–Kier alpha value is -2.94. The molecule has 2 fully saturated rings. The molecule has 218 valence electrons. The zero-order chi connectivity index (χ0) is 28.7. The number of nitrogens with zero attached hydrogens (tertiary/aromatic N) is 5. The Bertz CT molecular complexity index is 1340. The Morgan fingerprint density at radius 1 is 1.07 bits per heavy atom. The molecule has 0 saturated carbocycles. The van der Waals surface area contributed by atoms with Crippen LogP contribution in [-0.2, 0) is 19.6 Å². The first-order valence-electron chi connectivity index (χ1n) is 13.2. The molecule has 1 atom stereocenters. The van der Waals surface area contributed by atoms with Crippen molar-refractivity contribution in [3.8, 4) is 0 Å². The third kappa shape index (κ3) is 5.90. The number of sulfonamides is 1. The molecular weight excluding hydrogens is 549 g/mol. The summed E-state index contributed by atoms with van der Waals surface area (Å²) < 4.78 is 71.4. The summed E-state index contributed by atoms with van der Waals surface area (Å²) in [4.78, 5) is 22.7. The SMILES string of the molecule is CC1C(=O)N(C)c2ccc(Nc3cccc(S(=O)(=O)N4CCN(CC(F)(F)F)CC4)c3)nc2N1C1CCOCC1. The van der Waals surface area contributed by atoms with Crippen molar-refractivity contribution in [2.45, 2.75) is 42.9 Å². The fraction of sp³-hybridized carbons (Fsp3) is 0.538. The maximum Gasteiger partial charge on any atom is 0.401 e. The summed E-state index contributed by atoms with van der Waals surface area (Å²) in [7, 11) is -2.17. The number of benzene rings is 1. The largest absolute Gasteiger partial charge is 0.401 e. The number of pyridine rings is 1. The molecule has 10 nitrogen and oxygen atoms in total. The molecule has 3 aliphatic heterocycles. The monoisotopic (exact) mass is 582 g/mol. The minimum absolute atomic E-state index is 0.00865. The lowest BCUT2D eigenvalue weighted by Gasteiger charge is -2.44. The van der Waals surface area contributed by atoms with Gasteiger partial charge in [0.05, 0.1) is 17.1 Å². The average molecular weight is 583 g/mol. The summed E-state index contributed by atoms with van der Waals surface area (Å²) in [6.45, 7) is 2.03. The third-order valence-corrected chi connectivity index (χ3v) is 9.52. The van der Waals surface area contributed by atoms with Crippen LogP contribution in [0.25, 0.3) is 0 Å². The number of hydrogen-bond donors (Lipinski definition) is 1. The molecule has 1 amide bonds. The van der Waals surface area contributed by atoms with Gasteiger partial charge in [-0.1, -0.05) is 6.07 Å². The summed E-state index contributed by atoms with van der Waals surface area (Å²) >= 11 is 0. The van der Waals surface area contributed by atoms with E-state index in [-0.39, 0.29) is 43.0 Å². The van der Waals surface area contributed by atoms with Crippen LogP contribution in [0.4, 0.5) is 36.2 Å². The van der Waals surface area contributed by atoms with E-state index in [0.717, 1.165) is 12.8 Å². The molecule has 0 spiro atoms. The van der Waals surface area contributed by atoms with E-state index >= 15 is 0 Å². The number of fused-ring (bicyclic) bond motifs is 1. The molecule has 1 aromatic heterocycles. The fourth-order valence-corrected chi connectivity index (χ4v) is 7.00. The molecule has 14 heteroatoms. The lowest BCUT2D eigenvalue weighted by Crippen LogP contribution is -2.56. The Kier molecular flexibility index (Phi) is 7.97. The van der Waals surface area contributed by atoms with Gasteiger partial charge in [-0.2, -0.15) is 17.5 Å². The number of amides is 1. The number of carbonyl (C=O) groups excluding carboxylic acids is 1. The standard InChI is InChI=1S/C26H33F3N6O4S/c1-18-25(36)32(2)22-6-7-23(31-24(22)35(18)20-8-14-39-15-9-20)30-19-4-3-5-21(16-19)40(37,38)34-12-10-33(11-13-34)17-26(27,28)29/h3-7,16,18,20H,8-15,17H2,1-2H3,(H,30,31). The summed E-state index contributed by atoms with van der Waals surface area (Å²) in [6, 6.07) is 9.56. The summed E-state index contributed by atoms with van der Waals surface area (Å²) in [6.07, 6.45) is -2.76. The van der Waals surface area contributed by atoms with Crippen LogP contribution in [0.5, 0.6) is 0 Å². The molecule has 5 rings (SSSR count). The van der Waals surface area contributed by atoms with Crippen LogP contribution in [0.1, 0.15) is 19.8 Å². The van der Waals surface area contributed by atoms with Crippen molar-refractivity contribution in [1.82, 2.24) is 14.2 Å². The lowest BCUT2D eigenvalue weighted by atomic mass is 10.0. The first-order valence-corrected chi connectivity index (χ1v) is 14.7. The molecule has 0 bridgehead atoms. The van der Waals surface area contributed by atoms with Crippen molar-refractivity contribution in [2.24, 2.45) is 0 Å². The zero-order valence-electron chi connectivity index (χ0n) is 22.4. The molecule has 4 heterocycles. The van der Waals surface area contributed by atoms with Gasteiger partial charge in [-0.05, 0) is 50.1 Å². The van der Waals surface area contributed by atoms with Crippen LogP contribution < -0.4 is 15.1 Å². The van der Waals surface area contributed by atoms with E-state index in [1.54, 1.807) is 30.1 Å². The molecule has 1 aromatic carbocycles. The minimum atomic E-state index is -4.32. The number of halogens is 3. The third-order valence-electron chi connectivity index (χ3n) is 7.63. The van der Waals surface area contributed by atoms with Gasteiger partial charge in [0, 0.05) is 58.2 Å². The number of likely N-dealkylation sites (N-methyl/N-ethyl adjacent to an activating group) is 1. The normalized spacial score (nSPS) is 21.9. The Balaban J connectivity index is 1.35. The molecule has 1 N–H and O–H groups in total. The van der Waals surface area contributed by atoms with Crippen LogP contribution in [0.3, 0.4) is 0 Å². The van der Waals surface area contributed by atoms with Crippen molar-refractivity contribution in [3.63, 3.8) is 0 Å². The number of piperazine rings is 1. The van der Waals surface area contributed by atoms with Gasteiger partial charge in [0.2, 0.25) is 15.9 Å². The highest BCUT2D eigenvalue weighted by atomic mass is 32.2. The van der Waals surface area contributed by atoms with Crippen LogP contribution in [0.2, 0.25) is 0 Å². The molecule has 2 aromatic rings. The van der Waals surface area contributed by atoms with Crippen LogP contribution in [-0.4, -0.2) is 99.8 Å². The lowest BCUT2D eigenvalue weighted by molar-refractivity contribution is -0.148. The summed E-state index contributed by atoms with van der Waals surface area (Å²) in [5.41, 5.74) is 1.19. The summed E-state index contributed by atoms with van der Waals surface area (Å²) in [5, 5.41) is 3.18. The highest BCUT2D eigenvalue weighted by Crippen LogP contribution is 2.38. The highest BCUT2D eigenvalue weighted by molar-refractivity contribution is 7.89.